The highest BCUT2D eigenvalue weighted by atomic mass is 28.4. The van der Waals surface area contributed by atoms with Crippen molar-refractivity contribution < 1.29 is 4.43 Å². The van der Waals surface area contributed by atoms with Crippen molar-refractivity contribution in [2.45, 2.75) is 58.2 Å². The largest absolute Gasteiger partial charge is 0.549 e. The van der Waals surface area contributed by atoms with Gasteiger partial charge in [0.05, 0.1) is 6.26 Å². The smallest absolute Gasteiger partial charge is 0.257 e. The number of hydrogen-bond acceptors (Lipinski definition) is 1. The molecule has 0 unspecified atom stereocenters. The van der Waals surface area contributed by atoms with E-state index in [2.05, 4.69) is 54.7 Å². The summed E-state index contributed by atoms with van der Waals surface area (Å²) in [6.45, 7) is 19.5. The second-order valence-electron chi connectivity index (χ2n) is 5.82. The van der Waals surface area contributed by atoms with Crippen LogP contribution in [0.5, 0.6) is 0 Å². The summed E-state index contributed by atoms with van der Waals surface area (Å²) in [7, 11) is -1.77. The lowest BCUT2D eigenvalue weighted by molar-refractivity contribution is 0.381. The minimum absolute atomic E-state index is 0.236. The molecule has 0 heterocycles. The Morgan fingerprint density at radius 2 is 1.31 bits per heavy atom. The molecule has 0 aromatic heterocycles. The molecular formula is C11H24OSi. The fraction of sp³-hybridized carbons (Fsp3) is 0.818. The van der Waals surface area contributed by atoms with Crippen molar-refractivity contribution in [2.24, 2.45) is 0 Å². The van der Waals surface area contributed by atoms with Crippen LogP contribution in [0.15, 0.2) is 12.8 Å². The van der Waals surface area contributed by atoms with Gasteiger partial charge in [-0.2, -0.15) is 0 Å². The van der Waals surface area contributed by atoms with Crippen LogP contribution in [0.2, 0.25) is 16.6 Å². The van der Waals surface area contributed by atoms with E-state index in [1.807, 2.05) is 0 Å². The molecular weight excluding hydrogens is 176 g/mol. The van der Waals surface area contributed by atoms with E-state index in [4.69, 9.17) is 4.43 Å². The predicted octanol–water partition coefficient (Wildman–Crippen LogP) is 4.32. The van der Waals surface area contributed by atoms with Crippen molar-refractivity contribution in [3.8, 4) is 0 Å². The van der Waals surface area contributed by atoms with Crippen molar-refractivity contribution in [2.75, 3.05) is 0 Å². The minimum Gasteiger partial charge on any atom is -0.549 e. The third kappa shape index (κ3) is 2.36. The van der Waals surface area contributed by atoms with Gasteiger partial charge in [-0.15, -0.1) is 0 Å². The minimum atomic E-state index is -1.77. The maximum absolute atomic E-state index is 5.86. The van der Waals surface area contributed by atoms with Crippen LogP contribution in [0, 0.1) is 0 Å². The zero-order chi connectivity index (χ0) is 10.9. The lowest BCUT2D eigenvalue weighted by Gasteiger charge is -2.47. The molecule has 2 heteroatoms. The van der Waals surface area contributed by atoms with Crippen LogP contribution in [0.3, 0.4) is 0 Å². The molecule has 0 fully saturated rings. The summed E-state index contributed by atoms with van der Waals surface area (Å²) in [6, 6.07) is 0. The standard InChI is InChI=1S/C11H24OSi/c1-9-12-13(8,10(2,3)4)11(5,6)7/h9H,1H2,2-8H3. The Labute approximate surface area is 84.3 Å². The van der Waals surface area contributed by atoms with Crippen molar-refractivity contribution in [3.05, 3.63) is 12.8 Å². The summed E-state index contributed by atoms with van der Waals surface area (Å²) in [5, 5.41) is 0.471. The summed E-state index contributed by atoms with van der Waals surface area (Å²) in [6.07, 6.45) is 1.61. The van der Waals surface area contributed by atoms with Crippen molar-refractivity contribution >= 4 is 8.32 Å². The van der Waals surface area contributed by atoms with E-state index in [9.17, 15) is 0 Å². The zero-order valence-corrected chi connectivity index (χ0v) is 11.2. The summed E-state index contributed by atoms with van der Waals surface area (Å²) in [5.74, 6) is 0. The Balaban J connectivity index is 5.07. The van der Waals surface area contributed by atoms with Crippen LogP contribution in [0.25, 0.3) is 0 Å². The Kier molecular flexibility index (Phi) is 3.42. The molecule has 0 rings (SSSR count). The molecule has 0 aromatic carbocycles. The van der Waals surface area contributed by atoms with Gasteiger partial charge >= 0.3 is 0 Å². The van der Waals surface area contributed by atoms with E-state index in [1.165, 1.54) is 0 Å². The second kappa shape index (κ2) is 3.49. The van der Waals surface area contributed by atoms with E-state index in [-0.39, 0.29) is 10.1 Å². The maximum atomic E-state index is 5.86. The lowest BCUT2D eigenvalue weighted by atomic mass is 10.2. The average molecular weight is 200 g/mol. The molecule has 0 atom stereocenters. The monoisotopic (exact) mass is 200 g/mol. The first kappa shape index (κ1) is 12.8. The van der Waals surface area contributed by atoms with E-state index in [0.717, 1.165) is 0 Å². The van der Waals surface area contributed by atoms with Crippen LogP contribution in [0.1, 0.15) is 41.5 Å². The van der Waals surface area contributed by atoms with Gasteiger partial charge in [-0.3, -0.25) is 0 Å². The van der Waals surface area contributed by atoms with Gasteiger partial charge in [0, 0.05) is 0 Å². The topological polar surface area (TPSA) is 9.23 Å². The van der Waals surface area contributed by atoms with Gasteiger partial charge in [-0.25, -0.2) is 0 Å². The summed E-state index contributed by atoms with van der Waals surface area (Å²) < 4.78 is 5.86. The Morgan fingerprint density at radius 1 is 1.00 bits per heavy atom. The van der Waals surface area contributed by atoms with E-state index in [1.54, 1.807) is 6.26 Å². The predicted molar refractivity (Wildman–Crippen MR) is 62.3 cm³/mol. The molecule has 0 N–H and O–H groups in total. The van der Waals surface area contributed by atoms with Crippen LogP contribution in [-0.2, 0) is 4.43 Å². The fourth-order valence-corrected chi connectivity index (χ4v) is 4.94. The normalized spacial score (nSPS) is 14.1. The molecule has 0 radical (unpaired) electrons. The molecule has 13 heavy (non-hydrogen) atoms. The molecule has 0 spiro atoms. The molecule has 1 nitrogen and oxygen atoms in total. The Hall–Kier alpha value is -0.243. The number of hydrogen-bond donors (Lipinski definition) is 0. The SMILES string of the molecule is C=CO[Si](C)(C(C)(C)C)C(C)(C)C. The third-order valence-electron chi connectivity index (χ3n) is 3.18. The maximum Gasteiger partial charge on any atom is 0.257 e. The quantitative estimate of drug-likeness (QED) is 0.476. The average Bonchev–Trinajstić information content (AvgIpc) is 1.82. The van der Waals surface area contributed by atoms with E-state index >= 15 is 0 Å². The van der Waals surface area contributed by atoms with E-state index in [0.29, 0.717) is 0 Å². The fourth-order valence-electron chi connectivity index (χ4n) is 1.65. The first-order valence-electron chi connectivity index (χ1n) is 4.85. The van der Waals surface area contributed by atoms with Gasteiger partial charge < -0.3 is 4.43 Å². The Morgan fingerprint density at radius 3 is 1.38 bits per heavy atom. The molecule has 0 saturated carbocycles. The third-order valence-corrected chi connectivity index (χ3v) is 9.54. The highest BCUT2D eigenvalue weighted by Gasteiger charge is 2.52. The van der Waals surface area contributed by atoms with Crippen molar-refractivity contribution in [1.82, 2.24) is 0 Å². The van der Waals surface area contributed by atoms with Gasteiger partial charge in [0.25, 0.3) is 8.32 Å². The molecule has 0 amide bonds. The first-order valence-corrected chi connectivity index (χ1v) is 7.26. The van der Waals surface area contributed by atoms with Crippen molar-refractivity contribution in [3.63, 3.8) is 0 Å². The van der Waals surface area contributed by atoms with Gasteiger partial charge in [0.2, 0.25) is 0 Å². The van der Waals surface area contributed by atoms with Gasteiger partial charge in [-0.1, -0.05) is 48.1 Å². The first-order chi connectivity index (χ1) is 5.56. The molecule has 0 aliphatic carbocycles. The summed E-state index contributed by atoms with van der Waals surface area (Å²) in [5.41, 5.74) is 0. The molecule has 0 aliphatic heterocycles. The van der Waals surface area contributed by atoms with Crippen LogP contribution in [-0.4, -0.2) is 8.32 Å². The number of rotatable bonds is 2. The van der Waals surface area contributed by atoms with Crippen LogP contribution < -0.4 is 0 Å². The van der Waals surface area contributed by atoms with Gasteiger partial charge in [-0.05, 0) is 16.6 Å². The molecule has 0 aromatic rings. The lowest BCUT2D eigenvalue weighted by Crippen LogP contribution is -2.50. The molecule has 78 valence electrons. The Bertz CT molecular complexity index is 169. The second-order valence-corrected chi connectivity index (χ2v) is 11.1. The molecule has 0 saturated heterocycles. The van der Waals surface area contributed by atoms with Crippen LogP contribution in [0.4, 0.5) is 0 Å². The van der Waals surface area contributed by atoms with Gasteiger partial charge in [0.15, 0.2) is 0 Å². The molecule has 0 aliphatic rings. The van der Waals surface area contributed by atoms with Crippen molar-refractivity contribution in [1.29, 1.82) is 0 Å². The van der Waals surface area contributed by atoms with Crippen LogP contribution >= 0.6 is 0 Å². The van der Waals surface area contributed by atoms with Gasteiger partial charge in [0.1, 0.15) is 0 Å². The zero-order valence-electron chi connectivity index (χ0n) is 10.2. The summed E-state index contributed by atoms with van der Waals surface area (Å²) >= 11 is 0. The highest BCUT2D eigenvalue weighted by molar-refractivity contribution is 6.78. The highest BCUT2D eigenvalue weighted by Crippen LogP contribution is 2.51. The molecule has 0 bridgehead atoms. The van der Waals surface area contributed by atoms with E-state index < -0.39 is 8.32 Å². The summed E-state index contributed by atoms with van der Waals surface area (Å²) in [4.78, 5) is 0.